The van der Waals surface area contributed by atoms with Gasteiger partial charge in [0, 0.05) is 42.6 Å². The van der Waals surface area contributed by atoms with Crippen molar-refractivity contribution in [2.24, 2.45) is 11.8 Å². The van der Waals surface area contributed by atoms with E-state index in [-0.39, 0.29) is 29.6 Å². The molecule has 0 aromatic heterocycles. The predicted molar refractivity (Wildman–Crippen MR) is 142 cm³/mol. The molecule has 2 aliphatic heterocycles. The summed E-state index contributed by atoms with van der Waals surface area (Å²) in [7, 11) is 3.66. The molecule has 5 aliphatic rings. The summed E-state index contributed by atoms with van der Waals surface area (Å²) >= 11 is 0. The molecule has 6 nitrogen and oxygen atoms in total. The molecule has 194 valence electrons. The van der Waals surface area contributed by atoms with Crippen LogP contribution in [0.4, 0.5) is 0 Å². The maximum Gasteiger partial charge on any atom is 0.246 e. The molecule has 3 fully saturated rings. The summed E-state index contributed by atoms with van der Waals surface area (Å²) in [5.41, 5.74) is 3.66. The van der Waals surface area contributed by atoms with Crippen LogP contribution in [0.2, 0.25) is 0 Å². The van der Waals surface area contributed by atoms with Crippen LogP contribution in [-0.2, 0) is 16.6 Å². The quantitative estimate of drug-likeness (QED) is 0.614. The summed E-state index contributed by atoms with van der Waals surface area (Å²) in [4.78, 5) is 18.0. The standard InChI is InChI=1S/C31H36N2O4/c1-32(27(35)13-8-19-6-4-3-5-7-19)23-11-10-22-24-16-20-9-12-26(36-2)29-28(20)31(22,30(23)37-29)14-15-33(24)18-21-17-25(21)34/h3-9,12-13,21-25,30,34H,10-11,14-18H2,1-2H3/t21?,22-,23-,24+,25?,30-,31-/m0/s1. The number of methoxy groups -OCH3 is 1. The molecule has 2 heterocycles. The number of benzene rings is 2. The Bertz CT molecular complexity index is 1250. The van der Waals surface area contributed by atoms with Gasteiger partial charge in [-0.1, -0.05) is 36.4 Å². The second kappa shape index (κ2) is 8.60. The molecule has 6 heteroatoms. The Morgan fingerprint density at radius 3 is 2.81 bits per heavy atom. The van der Waals surface area contributed by atoms with Crippen LogP contribution in [0.25, 0.3) is 6.08 Å². The van der Waals surface area contributed by atoms with Gasteiger partial charge in [0.05, 0.1) is 19.3 Å². The van der Waals surface area contributed by atoms with E-state index < -0.39 is 0 Å². The zero-order chi connectivity index (χ0) is 25.3. The van der Waals surface area contributed by atoms with Gasteiger partial charge >= 0.3 is 0 Å². The number of piperidine rings is 1. The second-order valence-electron chi connectivity index (χ2n) is 11.7. The number of rotatable bonds is 6. The Morgan fingerprint density at radius 2 is 2.05 bits per heavy atom. The molecule has 2 bridgehead atoms. The van der Waals surface area contributed by atoms with Gasteiger partial charge in [-0.3, -0.25) is 9.69 Å². The van der Waals surface area contributed by atoms with Gasteiger partial charge in [0.25, 0.3) is 0 Å². The van der Waals surface area contributed by atoms with Crippen molar-refractivity contribution < 1.29 is 19.4 Å². The number of carbonyl (C=O) groups is 1. The van der Waals surface area contributed by atoms with Crippen molar-refractivity contribution in [2.45, 2.75) is 61.8 Å². The number of aliphatic hydroxyl groups excluding tert-OH is 1. The molecular weight excluding hydrogens is 464 g/mol. The van der Waals surface area contributed by atoms with Gasteiger partial charge in [0.15, 0.2) is 11.5 Å². The van der Waals surface area contributed by atoms with Crippen molar-refractivity contribution in [2.75, 3.05) is 27.2 Å². The number of aliphatic hydroxyl groups is 1. The molecule has 1 amide bonds. The second-order valence-corrected chi connectivity index (χ2v) is 11.7. The Morgan fingerprint density at radius 1 is 1.24 bits per heavy atom. The highest BCUT2D eigenvalue weighted by Crippen LogP contribution is 2.64. The lowest BCUT2D eigenvalue weighted by atomic mass is 9.51. The van der Waals surface area contributed by atoms with Crippen molar-refractivity contribution in [3.63, 3.8) is 0 Å². The highest BCUT2D eigenvalue weighted by atomic mass is 16.5. The van der Waals surface area contributed by atoms with Gasteiger partial charge in [-0.15, -0.1) is 0 Å². The van der Waals surface area contributed by atoms with Crippen molar-refractivity contribution >= 4 is 12.0 Å². The van der Waals surface area contributed by atoms with E-state index in [0.717, 1.165) is 62.3 Å². The number of ether oxygens (including phenoxy) is 2. The van der Waals surface area contributed by atoms with Crippen molar-refractivity contribution in [3.05, 3.63) is 65.2 Å². The smallest absolute Gasteiger partial charge is 0.246 e. The van der Waals surface area contributed by atoms with Gasteiger partial charge in [-0.05, 0) is 67.8 Å². The first-order chi connectivity index (χ1) is 18.0. The molecule has 1 N–H and O–H groups in total. The van der Waals surface area contributed by atoms with Crippen LogP contribution in [0.15, 0.2) is 48.5 Å². The molecule has 1 saturated heterocycles. The fourth-order valence-corrected chi connectivity index (χ4v) is 8.11. The van der Waals surface area contributed by atoms with Crippen LogP contribution in [-0.4, -0.2) is 72.4 Å². The SMILES string of the molecule is COc1ccc2c3c1O[C@H]1[C@@H](N(C)C(=O)C=Cc4ccccc4)CC[C@H]4[C@@H](C2)N(CC2CC2O)CC[C@@]341. The van der Waals surface area contributed by atoms with Crippen LogP contribution in [0.3, 0.4) is 0 Å². The predicted octanol–water partition coefficient (Wildman–Crippen LogP) is 3.66. The molecule has 7 rings (SSSR count). The minimum absolute atomic E-state index is 0.00434. The van der Waals surface area contributed by atoms with E-state index in [1.54, 1.807) is 13.2 Å². The number of hydrogen-bond acceptors (Lipinski definition) is 5. The van der Waals surface area contributed by atoms with Crippen molar-refractivity contribution in [1.29, 1.82) is 0 Å². The van der Waals surface area contributed by atoms with E-state index in [2.05, 4.69) is 17.0 Å². The minimum Gasteiger partial charge on any atom is -0.493 e. The number of amides is 1. The topological polar surface area (TPSA) is 62.2 Å². The van der Waals surface area contributed by atoms with Gasteiger partial charge in [-0.2, -0.15) is 0 Å². The molecule has 1 spiro atoms. The zero-order valence-corrected chi connectivity index (χ0v) is 21.7. The lowest BCUT2D eigenvalue weighted by Crippen LogP contribution is -2.69. The van der Waals surface area contributed by atoms with Gasteiger partial charge < -0.3 is 19.5 Å². The third-order valence-corrected chi connectivity index (χ3v) is 10.0. The Labute approximate surface area is 218 Å². The van der Waals surface area contributed by atoms with Gasteiger partial charge in [-0.25, -0.2) is 0 Å². The van der Waals surface area contributed by atoms with E-state index in [9.17, 15) is 9.90 Å². The first kappa shape index (κ1) is 23.3. The van der Waals surface area contributed by atoms with Crippen LogP contribution in [0, 0.1) is 11.8 Å². The zero-order valence-electron chi connectivity index (χ0n) is 21.7. The molecule has 37 heavy (non-hydrogen) atoms. The number of hydrogen-bond donors (Lipinski definition) is 1. The van der Waals surface area contributed by atoms with Crippen molar-refractivity contribution in [1.82, 2.24) is 9.80 Å². The fraction of sp³-hybridized carbons (Fsp3) is 0.516. The lowest BCUT2D eigenvalue weighted by Gasteiger charge is -2.60. The molecule has 0 radical (unpaired) electrons. The van der Waals surface area contributed by atoms with Gasteiger partial charge in [0.2, 0.25) is 5.91 Å². The van der Waals surface area contributed by atoms with Crippen LogP contribution >= 0.6 is 0 Å². The Hall–Kier alpha value is -2.83. The summed E-state index contributed by atoms with van der Waals surface area (Å²) in [6.45, 7) is 2.01. The summed E-state index contributed by atoms with van der Waals surface area (Å²) in [6, 6.07) is 14.7. The highest BCUT2D eigenvalue weighted by molar-refractivity contribution is 5.92. The highest BCUT2D eigenvalue weighted by Gasteiger charge is 2.66. The van der Waals surface area contributed by atoms with Crippen LogP contribution in [0.1, 0.15) is 42.4 Å². The average Bonchev–Trinajstić information content (AvgIpc) is 3.50. The Kier molecular flexibility index (Phi) is 5.42. The first-order valence-electron chi connectivity index (χ1n) is 13.8. The lowest BCUT2D eigenvalue weighted by molar-refractivity contribution is -0.135. The maximum atomic E-state index is 13.4. The molecule has 3 aliphatic carbocycles. The summed E-state index contributed by atoms with van der Waals surface area (Å²) in [5.74, 6) is 2.65. The van der Waals surface area contributed by atoms with Crippen LogP contribution in [0.5, 0.6) is 11.5 Å². The van der Waals surface area contributed by atoms with E-state index in [1.165, 1.54) is 11.1 Å². The normalized spacial score (nSPS) is 35.1. The number of likely N-dealkylation sites (N-methyl/N-ethyl adjacent to an activating group) is 1. The minimum atomic E-state index is -0.121. The Balaban J connectivity index is 1.23. The first-order valence-corrected chi connectivity index (χ1v) is 13.8. The molecular formula is C31H36N2O4. The number of nitrogens with zero attached hydrogens (tertiary/aromatic N) is 2. The van der Waals surface area contributed by atoms with Crippen molar-refractivity contribution in [3.8, 4) is 11.5 Å². The number of likely N-dealkylation sites (tertiary alicyclic amines) is 1. The van der Waals surface area contributed by atoms with Gasteiger partial charge in [0.1, 0.15) is 6.10 Å². The third-order valence-electron chi connectivity index (χ3n) is 10.0. The number of carbonyl (C=O) groups excluding carboxylic acids is 1. The van der Waals surface area contributed by atoms with E-state index >= 15 is 0 Å². The van der Waals surface area contributed by atoms with E-state index in [0.29, 0.717) is 17.9 Å². The molecule has 7 atom stereocenters. The fourth-order valence-electron chi connectivity index (χ4n) is 8.11. The summed E-state index contributed by atoms with van der Waals surface area (Å²) in [5, 5.41) is 10.0. The van der Waals surface area contributed by atoms with E-state index in [4.69, 9.17) is 9.47 Å². The molecule has 2 unspecified atom stereocenters. The maximum absolute atomic E-state index is 13.4. The largest absolute Gasteiger partial charge is 0.493 e. The average molecular weight is 501 g/mol. The monoisotopic (exact) mass is 500 g/mol. The van der Waals surface area contributed by atoms with Crippen LogP contribution < -0.4 is 9.47 Å². The third kappa shape index (κ3) is 3.48. The molecule has 2 saturated carbocycles. The van der Waals surface area contributed by atoms with E-state index in [1.807, 2.05) is 48.4 Å². The summed E-state index contributed by atoms with van der Waals surface area (Å²) < 4.78 is 12.7. The molecule has 2 aromatic rings. The summed E-state index contributed by atoms with van der Waals surface area (Å²) in [6.07, 6.45) is 8.39. The molecule has 2 aromatic carbocycles.